The van der Waals surface area contributed by atoms with Crippen molar-refractivity contribution in [3.05, 3.63) is 29.3 Å². The van der Waals surface area contributed by atoms with Gasteiger partial charge in [-0.05, 0) is 35.8 Å². The highest BCUT2D eigenvalue weighted by atomic mass is 28.4. The van der Waals surface area contributed by atoms with E-state index in [2.05, 4.69) is 57.4 Å². The van der Waals surface area contributed by atoms with Crippen LogP contribution in [0.2, 0.25) is 18.1 Å². The monoisotopic (exact) mass is 334 g/mol. The first kappa shape index (κ1) is 17.0. The van der Waals surface area contributed by atoms with Gasteiger partial charge in [-0.1, -0.05) is 26.8 Å². The van der Waals surface area contributed by atoms with Crippen molar-refractivity contribution < 1.29 is 9.16 Å². The molecule has 2 heterocycles. The summed E-state index contributed by atoms with van der Waals surface area (Å²) >= 11 is 0. The molecule has 128 valence electrons. The van der Waals surface area contributed by atoms with Gasteiger partial charge < -0.3 is 20.2 Å². The van der Waals surface area contributed by atoms with Crippen molar-refractivity contribution in [2.75, 3.05) is 11.9 Å². The number of hydrogen-bond acceptors (Lipinski definition) is 4. The van der Waals surface area contributed by atoms with Crippen LogP contribution < -0.4 is 11.1 Å². The number of benzene rings is 1. The van der Waals surface area contributed by atoms with E-state index < -0.39 is 8.32 Å². The molecular formula is C18H30N2O2Si. The van der Waals surface area contributed by atoms with Crippen LogP contribution in [0.15, 0.2) is 18.2 Å². The third-order valence-electron chi connectivity index (χ3n) is 5.67. The average molecular weight is 335 g/mol. The van der Waals surface area contributed by atoms with Gasteiger partial charge in [-0.3, -0.25) is 0 Å². The van der Waals surface area contributed by atoms with Crippen molar-refractivity contribution in [2.45, 2.75) is 70.1 Å². The quantitative estimate of drug-likeness (QED) is 0.826. The molecule has 1 saturated heterocycles. The maximum absolute atomic E-state index is 6.62. The molecular weight excluding hydrogens is 304 g/mol. The molecule has 2 aliphatic rings. The molecule has 2 bridgehead atoms. The van der Waals surface area contributed by atoms with Crippen molar-refractivity contribution in [3.63, 3.8) is 0 Å². The summed E-state index contributed by atoms with van der Waals surface area (Å²) in [5.41, 5.74) is 9.34. The van der Waals surface area contributed by atoms with Crippen LogP contribution in [-0.2, 0) is 15.7 Å². The lowest BCUT2D eigenvalue weighted by Gasteiger charge is -2.47. The van der Waals surface area contributed by atoms with E-state index in [1.165, 1.54) is 11.3 Å². The lowest BCUT2D eigenvalue weighted by Crippen LogP contribution is -2.54. The van der Waals surface area contributed by atoms with E-state index in [4.69, 9.17) is 14.9 Å². The Kier molecular flexibility index (Phi) is 4.34. The fourth-order valence-corrected chi connectivity index (χ4v) is 4.50. The molecule has 3 atom stereocenters. The van der Waals surface area contributed by atoms with Gasteiger partial charge in [0.15, 0.2) is 8.32 Å². The number of hydrogen-bond donors (Lipinski definition) is 2. The SMILES string of the molecule is CC(C)(C)[Si](C)(C)O[C@@H]1CO[C@H]2C[C@H]1Nc1ccc(CN)cc12. The molecule has 0 saturated carbocycles. The molecule has 4 nitrogen and oxygen atoms in total. The van der Waals surface area contributed by atoms with E-state index in [0.717, 1.165) is 12.0 Å². The summed E-state index contributed by atoms with van der Waals surface area (Å²) in [6, 6.07) is 6.74. The van der Waals surface area contributed by atoms with Gasteiger partial charge in [-0.15, -0.1) is 0 Å². The van der Waals surface area contributed by atoms with Crippen LogP contribution in [0.3, 0.4) is 0 Å². The van der Waals surface area contributed by atoms with Crippen LogP contribution in [0.25, 0.3) is 0 Å². The number of nitrogens with one attached hydrogen (secondary N) is 1. The first-order valence-electron chi connectivity index (χ1n) is 8.60. The van der Waals surface area contributed by atoms with Gasteiger partial charge in [-0.25, -0.2) is 0 Å². The Hall–Kier alpha value is -0.883. The maximum atomic E-state index is 6.62. The Balaban J connectivity index is 1.79. The van der Waals surface area contributed by atoms with Gasteiger partial charge in [0.1, 0.15) is 0 Å². The zero-order valence-electron chi connectivity index (χ0n) is 15.0. The lowest BCUT2D eigenvalue weighted by molar-refractivity contribution is -0.0620. The highest BCUT2D eigenvalue weighted by Gasteiger charge is 2.44. The zero-order chi connectivity index (χ0) is 16.8. The van der Waals surface area contributed by atoms with Crippen LogP contribution in [0.5, 0.6) is 0 Å². The number of rotatable bonds is 3. The summed E-state index contributed by atoms with van der Waals surface area (Å²) in [7, 11) is -1.79. The van der Waals surface area contributed by atoms with Gasteiger partial charge in [0.25, 0.3) is 0 Å². The molecule has 0 aromatic heterocycles. The maximum Gasteiger partial charge on any atom is 0.192 e. The van der Waals surface area contributed by atoms with Crippen LogP contribution in [0, 0.1) is 0 Å². The van der Waals surface area contributed by atoms with Crippen molar-refractivity contribution in [1.82, 2.24) is 0 Å². The van der Waals surface area contributed by atoms with Gasteiger partial charge >= 0.3 is 0 Å². The van der Waals surface area contributed by atoms with Crippen LogP contribution in [0.4, 0.5) is 5.69 Å². The molecule has 0 amide bonds. The molecule has 0 aliphatic carbocycles. The van der Waals surface area contributed by atoms with Gasteiger partial charge in [-0.2, -0.15) is 0 Å². The van der Waals surface area contributed by atoms with E-state index in [1.54, 1.807) is 0 Å². The van der Waals surface area contributed by atoms with Crippen molar-refractivity contribution in [1.29, 1.82) is 0 Å². The predicted octanol–water partition coefficient (Wildman–Crippen LogP) is 3.79. The number of ether oxygens (including phenoxy) is 1. The highest BCUT2D eigenvalue weighted by molar-refractivity contribution is 6.74. The molecule has 23 heavy (non-hydrogen) atoms. The minimum atomic E-state index is -1.79. The average Bonchev–Trinajstić information content (AvgIpc) is 2.48. The normalized spacial score (nSPS) is 27.3. The molecule has 1 fully saturated rings. The number of nitrogens with two attached hydrogens (primary N) is 1. The molecule has 1 aromatic rings. The number of fused-ring (bicyclic) bond motifs is 4. The number of anilines is 1. The van der Waals surface area contributed by atoms with Crippen LogP contribution in [0.1, 0.15) is 44.4 Å². The zero-order valence-corrected chi connectivity index (χ0v) is 16.0. The molecule has 1 aromatic carbocycles. The third kappa shape index (κ3) is 3.20. The molecule has 3 rings (SSSR count). The highest BCUT2D eigenvalue weighted by Crippen LogP contribution is 2.43. The lowest BCUT2D eigenvalue weighted by atomic mass is 9.89. The first-order valence-corrected chi connectivity index (χ1v) is 11.5. The Morgan fingerprint density at radius 3 is 2.74 bits per heavy atom. The summed E-state index contributed by atoms with van der Waals surface area (Å²) in [5.74, 6) is 0. The largest absolute Gasteiger partial charge is 0.409 e. The smallest absolute Gasteiger partial charge is 0.192 e. The van der Waals surface area contributed by atoms with E-state index in [0.29, 0.717) is 19.2 Å². The fraction of sp³-hybridized carbons (Fsp3) is 0.667. The second kappa shape index (κ2) is 5.88. The summed E-state index contributed by atoms with van der Waals surface area (Å²) < 4.78 is 12.8. The summed E-state index contributed by atoms with van der Waals surface area (Å²) in [6.45, 7) is 12.7. The van der Waals surface area contributed by atoms with Crippen LogP contribution >= 0.6 is 0 Å². The molecule has 3 N–H and O–H groups in total. The Morgan fingerprint density at radius 2 is 2.09 bits per heavy atom. The standard InChI is InChI=1S/C18H30N2O2Si/c1-18(2,3)23(4,5)22-17-11-21-16-9-15(17)20-14-7-6-12(10-19)8-13(14)16/h6-8,15-17,20H,9-11,19H2,1-5H3/t15-,16+,17-/m1/s1. The predicted molar refractivity (Wildman–Crippen MR) is 97.1 cm³/mol. The minimum Gasteiger partial charge on any atom is -0.409 e. The van der Waals surface area contributed by atoms with Crippen molar-refractivity contribution in [2.24, 2.45) is 5.73 Å². The summed E-state index contributed by atoms with van der Waals surface area (Å²) in [4.78, 5) is 0. The summed E-state index contributed by atoms with van der Waals surface area (Å²) in [6.07, 6.45) is 1.27. The Bertz CT molecular complexity index is 583. The Labute approximate surface area is 140 Å². The van der Waals surface area contributed by atoms with E-state index >= 15 is 0 Å². The first-order chi connectivity index (χ1) is 10.7. The topological polar surface area (TPSA) is 56.5 Å². The minimum absolute atomic E-state index is 0.134. The van der Waals surface area contributed by atoms with Gasteiger partial charge in [0.05, 0.1) is 24.9 Å². The summed E-state index contributed by atoms with van der Waals surface area (Å²) in [5, 5.41) is 3.89. The molecule has 2 aliphatic heterocycles. The van der Waals surface area contributed by atoms with Gasteiger partial charge in [0.2, 0.25) is 0 Å². The van der Waals surface area contributed by atoms with Crippen molar-refractivity contribution in [3.8, 4) is 0 Å². The second-order valence-electron chi connectivity index (χ2n) is 8.35. The molecule has 0 radical (unpaired) electrons. The molecule has 5 heteroatoms. The second-order valence-corrected chi connectivity index (χ2v) is 13.1. The van der Waals surface area contributed by atoms with E-state index in [9.17, 15) is 0 Å². The Morgan fingerprint density at radius 1 is 1.35 bits per heavy atom. The molecule has 0 spiro atoms. The van der Waals surface area contributed by atoms with Gasteiger partial charge in [0, 0.05) is 24.2 Å². The fourth-order valence-electron chi connectivity index (χ4n) is 3.15. The van der Waals surface area contributed by atoms with Crippen LogP contribution in [-0.4, -0.2) is 27.1 Å². The third-order valence-corrected chi connectivity index (χ3v) is 10.2. The van der Waals surface area contributed by atoms with E-state index in [-0.39, 0.29) is 17.2 Å². The molecule has 0 unspecified atom stereocenters. The van der Waals surface area contributed by atoms with Crippen molar-refractivity contribution >= 4 is 14.0 Å². The van der Waals surface area contributed by atoms with E-state index in [1.807, 2.05) is 0 Å².